The first-order chi connectivity index (χ1) is 16.0. The number of imidazole rings is 1. The van der Waals surface area contributed by atoms with Crippen LogP contribution in [0.5, 0.6) is 0 Å². The standard InChI is InChI=1S/C24H19Cl2N5O2/c25-17-9-7-15(12-18(17)26)24(33)30-11-3-6-21(30)23(32)29-16-8-10-22(27-13-16)31-14-28-19-4-1-2-5-20(19)31/h1-2,4-5,7-10,12-14,21H,3,6,11H2,(H,29,32). The molecule has 0 bridgehead atoms. The molecule has 1 fully saturated rings. The van der Waals surface area contributed by atoms with E-state index in [0.29, 0.717) is 40.1 Å². The lowest BCUT2D eigenvalue weighted by molar-refractivity contribution is -0.119. The number of para-hydroxylation sites is 2. The molecule has 4 aromatic rings. The molecule has 1 aliphatic rings. The number of nitrogens with zero attached hydrogens (tertiary/aromatic N) is 4. The maximum atomic E-state index is 13.0. The van der Waals surface area contributed by atoms with Crippen molar-refractivity contribution >= 4 is 51.7 Å². The Balaban J connectivity index is 1.30. The molecule has 0 aliphatic carbocycles. The molecule has 2 amide bonds. The number of hydrogen-bond acceptors (Lipinski definition) is 4. The molecular weight excluding hydrogens is 461 g/mol. The van der Waals surface area contributed by atoms with Gasteiger partial charge in [-0.15, -0.1) is 0 Å². The summed E-state index contributed by atoms with van der Waals surface area (Å²) in [5, 5.41) is 3.57. The minimum Gasteiger partial charge on any atom is -0.327 e. The van der Waals surface area contributed by atoms with Crippen LogP contribution in [0.2, 0.25) is 10.0 Å². The molecule has 0 radical (unpaired) electrons. The van der Waals surface area contributed by atoms with E-state index in [2.05, 4.69) is 15.3 Å². The molecule has 1 aliphatic heterocycles. The lowest BCUT2D eigenvalue weighted by Crippen LogP contribution is -2.43. The van der Waals surface area contributed by atoms with Crippen LogP contribution in [0.15, 0.2) is 67.1 Å². The fourth-order valence-electron chi connectivity index (χ4n) is 4.05. The van der Waals surface area contributed by atoms with Gasteiger partial charge in [0.25, 0.3) is 5.91 Å². The average Bonchev–Trinajstić information content (AvgIpc) is 3.48. The van der Waals surface area contributed by atoms with Gasteiger partial charge in [-0.25, -0.2) is 9.97 Å². The van der Waals surface area contributed by atoms with Gasteiger partial charge in [-0.1, -0.05) is 35.3 Å². The van der Waals surface area contributed by atoms with E-state index < -0.39 is 6.04 Å². The van der Waals surface area contributed by atoms with Gasteiger partial charge in [0.05, 0.1) is 33.0 Å². The van der Waals surface area contributed by atoms with Crippen LogP contribution in [0.3, 0.4) is 0 Å². The highest BCUT2D eigenvalue weighted by Crippen LogP contribution is 2.26. The third-order valence-corrected chi connectivity index (χ3v) is 6.44. The Morgan fingerprint density at radius 1 is 1.00 bits per heavy atom. The van der Waals surface area contributed by atoms with Crippen molar-refractivity contribution < 1.29 is 9.59 Å². The van der Waals surface area contributed by atoms with Gasteiger partial charge in [0, 0.05) is 12.1 Å². The maximum Gasteiger partial charge on any atom is 0.254 e. The van der Waals surface area contributed by atoms with E-state index in [0.717, 1.165) is 17.5 Å². The van der Waals surface area contributed by atoms with Gasteiger partial charge in [0.15, 0.2) is 0 Å². The zero-order valence-electron chi connectivity index (χ0n) is 17.4. The van der Waals surface area contributed by atoms with Crippen LogP contribution in [0, 0.1) is 0 Å². The number of fused-ring (bicyclic) bond motifs is 1. The van der Waals surface area contributed by atoms with E-state index in [9.17, 15) is 9.59 Å². The first kappa shape index (κ1) is 21.4. The zero-order chi connectivity index (χ0) is 22.9. The van der Waals surface area contributed by atoms with E-state index >= 15 is 0 Å². The van der Waals surface area contributed by atoms with Crippen molar-refractivity contribution in [1.82, 2.24) is 19.4 Å². The highest BCUT2D eigenvalue weighted by Gasteiger charge is 2.34. The number of carbonyl (C=O) groups excluding carboxylic acids is 2. The molecule has 7 nitrogen and oxygen atoms in total. The van der Waals surface area contributed by atoms with E-state index in [1.54, 1.807) is 35.6 Å². The summed E-state index contributed by atoms with van der Waals surface area (Å²) in [6.45, 7) is 0.502. The number of carbonyl (C=O) groups is 2. The largest absolute Gasteiger partial charge is 0.327 e. The Bertz CT molecular complexity index is 1350. The van der Waals surface area contributed by atoms with Crippen LogP contribution in [-0.2, 0) is 4.79 Å². The third-order valence-electron chi connectivity index (χ3n) is 5.70. The van der Waals surface area contributed by atoms with E-state index in [4.69, 9.17) is 23.2 Å². The number of amides is 2. The Kier molecular flexibility index (Phi) is 5.74. The number of anilines is 1. The predicted octanol–water partition coefficient (Wildman–Crippen LogP) is 4.97. The molecule has 1 saturated heterocycles. The molecule has 3 heterocycles. The number of halogens is 2. The lowest BCUT2D eigenvalue weighted by Gasteiger charge is -2.24. The SMILES string of the molecule is O=C(Nc1ccc(-n2cnc3ccccc32)nc1)C1CCCN1C(=O)c1ccc(Cl)c(Cl)c1. The van der Waals surface area contributed by atoms with Crippen LogP contribution in [0.4, 0.5) is 5.69 Å². The molecular formula is C24H19Cl2N5O2. The highest BCUT2D eigenvalue weighted by molar-refractivity contribution is 6.42. The summed E-state index contributed by atoms with van der Waals surface area (Å²) < 4.78 is 1.88. The molecule has 2 aromatic carbocycles. The Hall–Kier alpha value is -3.42. The summed E-state index contributed by atoms with van der Waals surface area (Å²) in [5.41, 5.74) is 2.79. The van der Waals surface area contributed by atoms with Crippen LogP contribution < -0.4 is 5.32 Å². The number of rotatable bonds is 4. The second-order valence-electron chi connectivity index (χ2n) is 7.78. The van der Waals surface area contributed by atoms with Gasteiger partial charge in [-0.2, -0.15) is 0 Å². The molecule has 1 unspecified atom stereocenters. The fraction of sp³-hybridized carbons (Fsp3) is 0.167. The summed E-state index contributed by atoms with van der Waals surface area (Å²) >= 11 is 12.0. The van der Waals surface area contributed by atoms with Gasteiger partial charge in [-0.05, 0) is 55.3 Å². The second kappa shape index (κ2) is 8.84. The lowest BCUT2D eigenvalue weighted by atomic mass is 10.1. The highest BCUT2D eigenvalue weighted by atomic mass is 35.5. The Morgan fingerprint density at radius 2 is 1.85 bits per heavy atom. The predicted molar refractivity (Wildman–Crippen MR) is 128 cm³/mol. The smallest absolute Gasteiger partial charge is 0.254 e. The van der Waals surface area contributed by atoms with Crippen molar-refractivity contribution in [3.63, 3.8) is 0 Å². The first-order valence-electron chi connectivity index (χ1n) is 10.5. The number of likely N-dealkylation sites (tertiary alicyclic amines) is 1. The normalized spacial score (nSPS) is 15.7. The van der Waals surface area contributed by atoms with E-state index in [-0.39, 0.29) is 11.8 Å². The molecule has 9 heteroatoms. The molecule has 166 valence electrons. The van der Waals surface area contributed by atoms with Crippen LogP contribution in [0.1, 0.15) is 23.2 Å². The van der Waals surface area contributed by atoms with E-state index in [1.807, 2.05) is 34.9 Å². The minimum atomic E-state index is -0.566. The molecule has 0 spiro atoms. The van der Waals surface area contributed by atoms with Gasteiger partial charge < -0.3 is 10.2 Å². The minimum absolute atomic E-state index is 0.244. The van der Waals surface area contributed by atoms with Crippen molar-refractivity contribution in [2.24, 2.45) is 0 Å². The van der Waals surface area contributed by atoms with E-state index in [1.165, 1.54) is 6.07 Å². The third kappa shape index (κ3) is 4.17. The number of benzene rings is 2. The van der Waals surface area contributed by atoms with Gasteiger partial charge in [-0.3, -0.25) is 14.2 Å². The van der Waals surface area contributed by atoms with Crippen LogP contribution in [-0.4, -0.2) is 43.8 Å². The van der Waals surface area contributed by atoms with Crippen LogP contribution in [0.25, 0.3) is 16.9 Å². The molecule has 5 rings (SSSR count). The van der Waals surface area contributed by atoms with Gasteiger partial charge >= 0.3 is 0 Å². The molecule has 0 saturated carbocycles. The zero-order valence-corrected chi connectivity index (χ0v) is 18.9. The summed E-state index contributed by atoms with van der Waals surface area (Å²) in [5.74, 6) is 0.203. The molecule has 1 atom stereocenters. The summed E-state index contributed by atoms with van der Waals surface area (Å²) in [6.07, 6.45) is 4.65. The Labute approximate surface area is 200 Å². The monoisotopic (exact) mass is 479 g/mol. The molecule has 2 aromatic heterocycles. The topological polar surface area (TPSA) is 80.1 Å². The molecule has 33 heavy (non-hydrogen) atoms. The number of nitrogens with one attached hydrogen (secondary N) is 1. The fourth-order valence-corrected chi connectivity index (χ4v) is 4.35. The summed E-state index contributed by atoms with van der Waals surface area (Å²) in [4.78, 5) is 36.4. The first-order valence-corrected chi connectivity index (χ1v) is 11.2. The molecule has 1 N–H and O–H groups in total. The quantitative estimate of drug-likeness (QED) is 0.447. The number of aromatic nitrogens is 3. The average molecular weight is 480 g/mol. The van der Waals surface area contributed by atoms with Crippen molar-refractivity contribution in [3.05, 3.63) is 82.7 Å². The summed E-state index contributed by atoms with van der Waals surface area (Å²) in [6, 6.07) is 15.6. The number of hydrogen-bond donors (Lipinski definition) is 1. The maximum absolute atomic E-state index is 13.0. The van der Waals surface area contributed by atoms with Crippen molar-refractivity contribution in [3.8, 4) is 5.82 Å². The van der Waals surface area contributed by atoms with Crippen molar-refractivity contribution in [1.29, 1.82) is 0 Å². The van der Waals surface area contributed by atoms with Crippen molar-refractivity contribution in [2.45, 2.75) is 18.9 Å². The second-order valence-corrected chi connectivity index (χ2v) is 8.60. The van der Waals surface area contributed by atoms with Gasteiger partial charge in [0.2, 0.25) is 5.91 Å². The number of pyridine rings is 1. The van der Waals surface area contributed by atoms with Crippen molar-refractivity contribution in [2.75, 3.05) is 11.9 Å². The van der Waals surface area contributed by atoms with Gasteiger partial charge in [0.1, 0.15) is 18.2 Å². The summed E-state index contributed by atoms with van der Waals surface area (Å²) in [7, 11) is 0. The Morgan fingerprint density at radius 3 is 2.64 bits per heavy atom. The van der Waals surface area contributed by atoms with Crippen LogP contribution >= 0.6 is 23.2 Å².